The minimum absolute atomic E-state index is 0.276. The molecular weight excluding hydrogens is 248 g/mol. The van der Waals surface area contributed by atoms with E-state index in [-0.39, 0.29) is 5.97 Å². The van der Waals surface area contributed by atoms with Crippen molar-refractivity contribution in [2.75, 3.05) is 0 Å². The van der Waals surface area contributed by atoms with Crippen LogP contribution in [-0.2, 0) is 11.2 Å². The van der Waals surface area contributed by atoms with Gasteiger partial charge in [-0.1, -0.05) is 41.5 Å². The molecule has 0 atom stereocenters. The van der Waals surface area contributed by atoms with Crippen molar-refractivity contribution in [2.24, 2.45) is 0 Å². The number of carbonyl (C=O) groups is 1. The number of allylic oxidation sites excluding steroid dienone is 4. The van der Waals surface area contributed by atoms with Crippen LogP contribution in [0.2, 0.25) is 0 Å². The van der Waals surface area contributed by atoms with Gasteiger partial charge in [-0.3, -0.25) is 4.79 Å². The molecule has 0 aromatic heterocycles. The smallest absolute Gasteiger partial charge is 0.308 e. The van der Waals surface area contributed by atoms with Crippen LogP contribution in [0.1, 0.15) is 46.1 Å². The van der Waals surface area contributed by atoms with Crippen molar-refractivity contribution in [3.63, 3.8) is 0 Å². The summed E-state index contributed by atoms with van der Waals surface area (Å²) in [5.41, 5.74) is 3.77. The van der Waals surface area contributed by atoms with Crippen molar-refractivity contribution in [3.05, 3.63) is 53.1 Å². The Kier molecular flexibility index (Phi) is 6.78. The SMILES string of the molecule is CC(=O)Oc1ccccc1C/C=C(/C)CCC=C(C)C. The largest absolute Gasteiger partial charge is 0.426 e. The normalized spacial score (nSPS) is 11.1. The van der Waals surface area contributed by atoms with E-state index in [0.29, 0.717) is 5.75 Å². The van der Waals surface area contributed by atoms with E-state index in [9.17, 15) is 4.79 Å². The second kappa shape index (κ2) is 8.36. The minimum Gasteiger partial charge on any atom is -0.426 e. The van der Waals surface area contributed by atoms with E-state index in [4.69, 9.17) is 4.74 Å². The van der Waals surface area contributed by atoms with E-state index in [0.717, 1.165) is 24.8 Å². The van der Waals surface area contributed by atoms with Gasteiger partial charge >= 0.3 is 5.97 Å². The maximum Gasteiger partial charge on any atom is 0.308 e. The van der Waals surface area contributed by atoms with E-state index >= 15 is 0 Å². The molecule has 0 aliphatic heterocycles. The fourth-order valence-electron chi connectivity index (χ4n) is 1.90. The number of hydrogen-bond donors (Lipinski definition) is 0. The first kappa shape index (κ1) is 16.2. The van der Waals surface area contributed by atoms with Crippen LogP contribution in [0.5, 0.6) is 5.75 Å². The molecule has 0 N–H and O–H groups in total. The van der Waals surface area contributed by atoms with Gasteiger partial charge in [-0.05, 0) is 51.7 Å². The number of carbonyl (C=O) groups excluding carboxylic acids is 1. The molecule has 108 valence electrons. The summed E-state index contributed by atoms with van der Waals surface area (Å²) < 4.78 is 5.21. The van der Waals surface area contributed by atoms with E-state index in [2.05, 4.69) is 32.9 Å². The lowest BCUT2D eigenvalue weighted by Crippen LogP contribution is -2.03. The lowest BCUT2D eigenvalue weighted by Gasteiger charge is -2.07. The quantitative estimate of drug-likeness (QED) is 0.420. The van der Waals surface area contributed by atoms with Gasteiger partial charge in [-0.15, -0.1) is 0 Å². The Morgan fingerprint density at radius 2 is 1.80 bits per heavy atom. The number of benzene rings is 1. The molecule has 0 saturated heterocycles. The van der Waals surface area contributed by atoms with Crippen LogP contribution in [0.4, 0.5) is 0 Å². The molecule has 20 heavy (non-hydrogen) atoms. The van der Waals surface area contributed by atoms with Crippen LogP contribution < -0.4 is 4.74 Å². The average Bonchev–Trinajstić information content (AvgIpc) is 2.36. The van der Waals surface area contributed by atoms with Gasteiger partial charge in [0.1, 0.15) is 5.75 Å². The average molecular weight is 272 g/mol. The Hall–Kier alpha value is -1.83. The maximum atomic E-state index is 11.1. The zero-order chi connectivity index (χ0) is 15.0. The summed E-state index contributed by atoms with van der Waals surface area (Å²) in [5, 5.41) is 0. The van der Waals surface area contributed by atoms with Crippen molar-refractivity contribution in [3.8, 4) is 5.75 Å². The molecule has 0 bridgehead atoms. The predicted octanol–water partition coefficient (Wildman–Crippen LogP) is 4.85. The number of hydrogen-bond acceptors (Lipinski definition) is 2. The van der Waals surface area contributed by atoms with E-state index in [1.807, 2.05) is 24.3 Å². The lowest BCUT2D eigenvalue weighted by atomic mass is 10.1. The van der Waals surface area contributed by atoms with Crippen molar-refractivity contribution < 1.29 is 9.53 Å². The third-order valence-electron chi connectivity index (χ3n) is 2.99. The molecule has 0 radical (unpaired) electrons. The third kappa shape index (κ3) is 6.37. The molecule has 2 nitrogen and oxygen atoms in total. The van der Waals surface area contributed by atoms with Crippen molar-refractivity contribution in [1.82, 2.24) is 0 Å². The van der Waals surface area contributed by atoms with Crippen LogP contribution >= 0.6 is 0 Å². The second-order valence-corrected chi connectivity index (χ2v) is 5.28. The molecule has 2 heteroatoms. The monoisotopic (exact) mass is 272 g/mol. The van der Waals surface area contributed by atoms with E-state index < -0.39 is 0 Å². The topological polar surface area (TPSA) is 26.3 Å². The molecule has 0 amide bonds. The second-order valence-electron chi connectivity index (χ2n) is 5.28. The summed E-state index contributed by atoms with van der Waals surface area (Å²) in [6, 6.07) is 7.68. The van der Waals surface area contributed by atoms with Crippen molar-refractivity contribution in [2.45, 2.75) is 47.0 Å². The van der Waals surface area contributed by atoms with Gasteiger partial charge in [0.2, 0.25) is 0 Å². The van der Waals surface area contributed by atoms with Gasteiger partial charge in [-0.2, -0.15) is 0 Å². The van der Waals surface area contributed by atoms with Crippen LogP contribution in [0.25, 0.3) is 0 Å². The first-order chi connectivity index (χ1) is 9.49. The van der Waals surface area contributed by atoms with Crippen LogP contribution in [-0.4, -0.2) is 5.97 Å². The molecule has 0 spiro atoms. The molecule has 0 heterocycles. The molecule has 0 fully saturated rings. The fraction of sp³-hybridized carbons (Fsp3) is 0.389. The summed E-state index contributed by atoms with van der Waals surface area (Å²) in [6.07, 6.45) is 7.41. The highest BCUT2D eigenvalue weighted by atomic mass is 16.5. The number of esters is 1. The van der Waals surface area contributed by atoms with Crippen LogP contribution in [0.3, 0.4) is 0 Å². The maximum absolute atomic E-state index is 11.1. The summed E-state index contributed by atoms with van der Waals surface area (Å²) >= 11 is 0. The number of ether oxygens (including phenoxy) is 1. The highest BCUT2D eigenvalue weighted by Gasteiger charge is 2.04. The molecule has 0 aliphatic rings. The first-order valence-electron chi connectivity index (χ1n) is 7.04. The molecule has 0 saturated carbocycles. The van der Waals surface area contributed by atoms with Gasteiger partial charge in [0.05, 0.1) is 0 Å². The van der Waals surface area contributed by atoms with Crippen molar-refractivity contribution in [1.29, 1.82) is 0 Å². The van der Waals surface area contributed by atoms with Gasteiger partial charge in [0.25, 0.3) is 0 Å². The summed E-state index contributed by atoms with van der Waals surface area (Å²) in [4.78, 5) is 11.1. The molecule has 0 unspecified atom stereocenters. The Morgan fingerprint density at radius 3 is 2.45 bits per heavy atom. The fourth-order valence-corrected chi connectivity index (χ4v) is 1.90. The van der Waals surface area contributed by atoms with Gasteiger partial charge < -0.3 is 4.74 Å². The van der Waals surface area contributed by atoms with Gasteiger partial charge in [-0.25, -0.2) is 0 Å². The van der Waals surface area contributed by atoms with Crippen LogP contribution in [0.15, 0.2) is 47.6 Å². The van der Waals surface area contributed by atoms with Gasteiger partial charge in [0.15, 0.2) is 0 Å². The molecule has 1 aromatic carbocycles. The molecule has 0 aliphatic carbocycles. The number of rotatable bonds is 6. The zero-order valence-corrected chi connectivity index (χ0v) is 12.9. The summed E-state index contributed by atoms with van der Waals surface area (Å²) in [5.74, 6) is 0.384. The summed E-state index contributed by atoms with van der Waals surface area (Å²) in [7, 11) is 0. The van der Waals surface area contributed by atoms with Crippen molar-refractivity contribution >= 4 is 5.97 Å². The van der Waals surface area contributed by atoms with E-state index in [1.165, 1.54) is 18.1 Å². The molecule has 1 aromatic rings. The third-order valence-corrected chi connectivity index (χ3v) is 2.99. The lowest BCUT2D eigenvalue weighted by molar-refractivity contribution is -0.131. The highest BCUT2D eigenvalue weighted by molar-refractivity contribution is 5.69. The minimum atomic E-state index is -0.276. The molecule has 1 rings (SSSR count). The molecular formula is C18H24O2. The first-order valence-corrected chi connectivity index (χ1v) is 7.04. The number of para-hydroxylation sites is 1. The standard InChI is InChI=1S/C18H24O2/c1-14(2)8-7-9-15(3)12-13-17-10-5-6-11-18(17)20-16(4)19/h5-6,8,10-12H,7,9,13H2,1-4H3/b15-12-. The highest BCUT2D eigenvalue weighted by Crippen LogP contribution is 2.20. The van der Waals surface area contributed by atoms with Crippen LogP contribution in [0, 0.1) is 0 Å². The Morgan fingerprint density at radius 1 is 1.10 bits per heavy atom. The Balaban J connectivity index is 2.64. The Bertz CT molecular complexity index is 506. The zero-order valence-electron chi connectivity index (χ0n) is 12.9. The Labute approximate surface area is 122 Å². The predicted molar refractivity (Wildman–Crippen MR) is 83.9 cm³/mol. The summed E-state index contributed by atoms with van der Waals surface area (Å²) in [6.45, 7) is 7.81. The van der Waals surface area contributed by atoms with E-state index in [1.54, 1.807) is 0 Å². The van der Waals surface area contributed by atoms with Gasteiger partial charge in [0, 0.05) is 6.92 Å².